The summed E-state index contributed by atoms with van der Waals surface area (Å²) in [6.45, 7) is 0.760. The van der Waals surface area contributed by atoms with E-state index in [9.17, 15) is 0 Å². The molecule has 0 unspecified atom stereocenters. The van der Waals surface area contributed by atoms with Crippen LogP contribution in [0, 0.1) is 0 Å². The molecule has 0 saturated heterocycles. The highest BCUT2D eigenvalue weighted by atomic mass is 16.4. The second kappa shape index (κ2) is 2.67. The van der Waals surface area contributed by atoms with E-state index >= 15 is 0 Å². The molecule has 0 fully saturated rings. The Kier molecular flexibility index (Phi) is 2.48. The smallest absolute Gasteiger partial charge is 0.117 e. The largest absolute Gasteiger partial charge is 0.411 e. The number of hydrogen-bond donors (Lipinski definition) is 1. The van der Waals surface area contributed by atoms with Gasteiger partial charge in [0.05, 0.1) is 27.4 Å². The van der Waals surface area contributed by atoms with Gasteiger partial charge in [0, 0.05) is 0 Å². The minimum atomic E-state index is 0.760. The molecular weight excluding hydrogens is 104 g/mol. The van der Waals surface area contributed by atoms with E-state index in [1.165, 1.54) is 6.21 Å². The first-order valence-corrected chi connectivity index (χ1v) is 2.52. The van der Waals surface area contributed by atoms with Crippen LogP contribution in [0.1, 0.15) is 0 Å². The van der Waals surface area contributed by atoms with Crippen molar-refractivity contribution in [2.75, 3.05) is 27.7 Å². The van der Waals surface area contributed by atoms with E-state index in [4.69, 9.17) is 5.21 Å². The molecule has 0 aliphatic carbocycles. The van der Waals surface area contributed by atoms with Crippen LogP contribution in [0.2, 0.25) is 0 Å². The summed E-state index contributed by atoms with van der Waals surface area (Å²) in [7, 11) is 6.09. The maximum Gasteiger partial charge on any atom is 0.117 e. The zero-order valence-electron chi connectivity index (χ0n) is 5.63. The molecule has 0 aromatic heterocycles. The Hall–Kier alpha value is -0.570. The van der Waals surface area contributed by atoms with E-state index in [0.29, 0.717) is 0 Å². The lowest BCUT2D eigenvalue weighted by atomic mass is 10.5. The van der Waals surface area contributed by atoms with Crippen LogP contribution in [0.5, 0.6) is 0 Å². The maximum absolute atomic E-state index is 7.99. The molecular formula is C5H13N2O+. The lowest BCUT2D eigenvalue weighted by Gasteiger charge is -2.20. The average molecular weight is 117 g/mol. The zero-order chi connectivity index (χ0) is 6.62. The summed E-state index contributed by atoms with van der Waals surface area (Å²) in [5.74, 6) is 0. The Morgan fingerprint density at radius 2 is 2.00 bits per heavy atom. The van der Waals surface area contributed by atoms with Gasteiger partial charge >= 0.3 is 0 Å². The molecule has 8 heavy (non-hydrogen) atoms. The van der Waals surface area contributed by atoms with Gasteiger partial charge in [0.1, 0.15) is 6.54 Å². The van der Waals surface area contributed by atoms with Crippen LogP contribution < -0.4 is 0 Å². The van der Waals surface area contributed by atoms with Crippen molar-refractivity contribution in [2.45, 2.75) is 0 Å². The molecule has 0 aromatic rings. The summed E-state index contributed by atoms with van der Waals surface area (Å²) in [6.07, 6.45) is 1.49. The van der Waals surface area contributed by atoms with Gasteiger partial charge in [0.15, 0.2) is 0 Å². The van der Waals surface area contributed by atoms with Gasteiger partial charge in [-0.05, 0) is 0 Å². The van der Waals surface area contributed by atoms with Gasteiger partial charge in [0.2, 0.25) is 0 Å². The number of oxime groups is 1. The SMILES string of the molecule is C[N+](C)(C)CC=NO. The lowest BCUT2D eigenvalue weighted by Crippen LogP contribution is -2.35. The van der Waals surface area contributed by atoms with Crippen molar-refractivity contribution in [1.29, 1.82) is 0 Å². The second-order valence-corrected chi connectivity index (χ2v) is 2.77. The Labute approximate surface area is 49.8 Å². The fourth-order valence-electron chi connectivity index (χ4n) is 0.281. The number of rotatable bonds is 2. The molecule has 0 rings (SSSR count). The highest BCUT2D eigenvalue weighted by Gasteiger charge is 2.01. The van der Waals surface area contributed by atoms with Crippen molar-refractivity contribution in [3.8, 4) is 0 Å². The van der Waals surface area contributed by atoms with Gasteiger partial charge < -0.3 is 9.69 Å². The molecule has 0 spiro atoms. The van der Waals surface area contributed by atoms with Gasteiger partial charge in [-0.3, -0.25) is 0 Å². The summed E-state index contributed by atoms with van der Waals surface area (Å²) < 4.78 is 0.796. The molecule has 48 valence electrons. The molecule has 0 atom stereocenters. The number of nitrogens with zero attached hydrogens (tertiary/aromatic N) is 2. The quantitative estimate of drug-likeness (QED) is 0.237. The van der Waals surface area contributed by atoms with E-state index in [2.05, 4.69) is 5.16 Å². The fraction of sp³-hybridized carbons (Fsp3) is 0.800. The topological polar surface area (TPSA) is 32.6 Å². The summed E-state index contributed by atoms with van der Waals surface area (Å²) >= 11 is 0. The highest BCUT2D eigenvalue weighted by molar-refractivity contribution is 5.57. The Bertz CT molecular complexity index is 82.9. The van der Waals surface area contributed by atoms with E-state index in [1.807, 2.05) is 21.1 Å². The molecule has 0 bridgehead atoms. The third-order valence-electron chi connectivity index (χ3n) is 0.711. The maximum atomic E-state index is 7.99. The first-order chi connectivity index (χ1) is 3.56. The molecule has 0 aliphatic heterocycles. The molecule has 0 amide bonds. The van der Waals surface area contributed by atoms with Gasteiger partial charge in [0.25, 0.3) is 0 Å². The van der Waals surface area contributed by atoms with Gasteiger partial charge in [-0.15, -0.1) is 0 Å². The lowest BCUT2D eigenvalue weighted by molar-refractivity contribution is -0.860. The molecule has 0 heterocycles. The molecule has 3 nitrogen and oxygen atoms in total. The van der Waals surface area contributed by atoms with Crippen molar-refractivity contribution < 1.29 is 9.69 Å². The van der Waals surface area contributed by atoms with E-state index in [0.717, 1.165) is 11.0 Å². The van der Waals surface area contributed by atoms with Crippen molar-refractivity contribution in [2.24, 2.45) is 5.16 Å². The zero-order valence-corrected chi connectivity index (χ0v) is 5.63. The predicted octanol–water partition coefficient (Wildman–Crippen LogP) is 0.153. The van der Waals surface area contributed by atoms with Gasteiger partial charge in [-0.25, -0.2) is 0 Å². The van der Waals surface area contributed by atoms with Crippen molar-refractivity contribution >= 4 is 6.21 Å². The molecule has 0 radical (unpaired) electrons. The van der Waals surface area contributed by atoms with Crippen LogP contribution in [0.15, 0.2) is 5.16 Å². The molecule has 1 N–H and O–H groups in total. The fourth-order valence-corrected chi connectivity index (χ4v) is 0.281. The monoisotopic (exact) mass is 117 g/mol. The standard InChI is InChI=1S/C5H12N2O/c1-7(2,3)5-4-6-8/h4H,5H2,1-3H3/p+1. The van der Waals surface area contributed by atoms with Crippen LogP contribution in [-0.4, -0.2) is 43.6 Å². The van der Waals surface area contributed by atoms with Crippen molar-refractivity contribution in [3.05, 3.63) is 0 Å². The van der Waals surface area contributed by atoms with E-state index in [-0.39, 0.29) is 0 Å². The third-order valence-corrected chi connectivity index (χ3v) is 0.711. The van der Waals surface area contributed by atoms with Crippen LogP contribution >= 0.6 is 0 Å². The Morgan fingerprint density at radius 3 is 2.12 bits per heavy atom. The molecule has 0 aromatic carbocycles. The Morgan fingerprint density at radius 1 is 1.50 bits per heavy atom. The summed E-state index contributed by atoms with van der Waals surface area (Å²) in [5.41, 5.74) is 0. The van der Waals surface area contributed by atoms with Crippen LogP contribution in [0.4, 0.5) is 0 Å². The number of hydrogen-bond acceptors (Lipinski definition) is 2. The van der Waals surface area contributed by atoms with Crippen molar-refractivity contribution in [1.82, 2.24) is 0 Å². The first kappa shape index (κ1) is 7.43. The van der Waals surface area contributed by atoms with E-state index < -0.39 is 0 Å². The minimum absolute atomic E-state index is 0.760. The predicted molar refractivity (Wildman–Crippen MR) is 33.2 cm³/mol. The second-order valence-electron chi connectivity index (χ2n) is 2.77. The Balaban J connectivity index is 3.39. The van der Waals surface area contributed by atoms with Gasteiger partial charge in [-0.1, -0.05) is 5.16 Å². The normalized spacial score (nSPS) is 12.9. The molecule has 3 heteroatoms. The highest BCUT2D eigenvalue weighted by Crippen LogP contribution is 1.83. The van der Waals surface area contributed by atoms with E-state index in [1.54, 1.807) is 0 Å². The summed E-state index contributed by atoms with van der Waals surface area (Å²) in [4.78, 5) is 0. The molecule has 0 aliphatic rings. The minimum Gasteiger partial charge on any atom is -0.411 e. The van der Waals surface area contributed by atoms with Crippen molar-refractivity contribution in [3.63, 3.8) is 0 Å². The third kappa shape index (κ3) is 5.43. The number of quaternary nitrogens is 1. The van der Waals surface area contributed by atoms with Gasteiger partial charge in [-0.2, -0.15) is 0 Å². The van der Waals surface area contributed by atoms with Crippen LogP contribution in [-0.2, 0) is 0 Å². The summed E-state index contributed by atoms with van der Waals surface area (Å²) in [5, 5.41) is 10.9. The summed E-state index contributed by atoms with van der Waals surface area (Å²) in [6, 6.07) is 0. The van der Waals surface area contributed by atoms with Crippen LogP contribution in [0.25, 0.3) is 0 Å². The average Bonchev–Trinajstić information content (AvgIpc) is 1.59. The first-order valence-electron chi connectivity index (χ1n) is 2.52. The molecule has 0 saturated carbocycles. The van der Waals surface area contributed by atoms with Crippen LogP contribution in [0.3, 0.4) is 0 Å².